The Labute approximate surface area is 170 Å². The van der Waals surface area contributed by atoms with Gasteiger partial charge in [-0.25, -0.2) is 4.98 Å². The lowest BCUT2D eigenvalue weighted by atomic mass is 10.1. The fourth-order valence-corrected chi connectivity index (χ4v) is 4.36. The lowest BCUT2D eigenvalue weighted by Gasteiger charge is -2.21. The van der Waals surface area contributed by atoms with E-state index in [4.69, 9.17) is 11.6 Å². The lowest BCUT2D eigenvalue weighted by molar-refractivity contribution is 0.565. The van der Waals surface area contributed by atoms with Crippen LogP contribution in [-0.4, -0.2) is 44.2 Å². The Morgan fingerprint density at radius 2 is 2.22 bits per heavy atom. The molecular weight excluding hydrogens is 378 g/mol. The van der Waals surface area contributed by atoms with Gasteiger partial charge in [0.15, 0.2) is 5.96 Å². The number of nitrogens with one attached hydrogen (secondary N) is 2. The third-order valence-corrected chi connectivity index (χ3v) is 6.09. The number of aromatic nitrogens is 1. The van der Waals surface area contributed by atoms with Crippen LogP contribution in [0, 0.1) is 19.8 Å². The van der Waals surface area contributed by atoms with E-state index in [1.807, 2.05) is 19.3 Å². The first-order chi connectivity index (χ1) is 13.0. The van der Waals surface area contributed by atoms with Gasteiger partial charge >= 0.3 is 0 Å². The zero-order valence-electron chi connectivity index (χ0n) is 16.3. The predicted molar refractivity (Wildman–Crippen MR) is 116 cm³/mol. The lowest BCUT2D eigenvalue weighted by Crippen LogP contribution is -2.41. The van der Waals surface area contributed by atoms with Crippen molar-refractivity contribution in [2.45, 2.75) is 26.7 Å². The van der Waals surface area contributed by atoms with Crippen molar-refractivity contribution in [3.63, 3.8) is 0 Å². The Kier molecular flexibility index (Phi) is 6.96. The van der Waals surface area contributed by atoms with Crippen molar-refractivity contribution in [2.24, 2.45) is 10.9 Å². The summed E-state index contributed by atoms with van der Waals surface area (Å²) in [6, 6.07) is 6.13. The van der Waals surface area contributed by atoms with E-state index in [9.17, 15) is 0 Å². The van der Waals surface area contributed by atoms with Crippen molar-refractivity contribution >= 4 is 34.6 Å². The third kappa shape index (κ3) is 5.59. The number of guanidine groups is 1. The first-order valence-electron chi connectivity index (χ1n) is 9.42. The van der Waals surface area contributed by atoms with Crippen molar-refractivity contribution in [3.8, 4) is 0 Å². The van der Waals surface area contributed by atoms with E-state index in [0.717, 1.165) is 43.6 Å². The molecule has 1 unspecified atom stereocenters. The van der Waals surface area contributed by atoms with Gasteiger partial charge in [-0.2, -0.15) is 0 Å². The number of rotatable bonds is 6. The summed E-state index contributed by atoms with van der Waals surface area (Å²) >= 11 is 7.94. The van der Waals surface area contributed by atoms with Crippen molar-refractivity contribution in [1.29, 1.82) is 0 Å². The molecule has 0 radical (unpaired) electrons. The summed E-state index contributed by atoms with van der Waals surface area (Å²) < 4.78 is 0. The monoisotopic (exact) mass is 405 g/mol. The Hall–Kier alpha value is -1.79. The van der Waals surface area contributed by atoms with E-state index in [1.54, 1.807) is 11.3 Å². The molecule has 7 heteroatoms. The number of hydrogen-bond acceptors (Lipinski definition) is 4. The first kappa shape index (κ1) is 20.0. The summed E-state index contributed by atoms with van der Waals surface area (Å²) in [5.74, 6) is 1.46. The maximum Gasteiger partial charge on any atom is 0.191 e. The Morgan fingerprint density at radius 3 is 2.96 bits per heavy atom. The molecule has 1 aliphatic heterocycles. The van der Waals surface area contributed by atoms with Crippen LogP contribution in [0.15, 0.2) is 29.4 Å². The van der Waals surface area contributed by atoms with Crippen LogP contribution in [0.1, 0.15) is 21.9 Å². The molecular formula is C20H28ClN5S. The second-order valence-electron chi connectivity index (χ2n) is 7.03. The molecule has 1 aromatic heterocycles. The average Bonchev–Trinajstić information content (AvgIpc) is 3.29. The molecule has 2 aromatic rings. The van der Waals surface area contributed by atoms with E-state index in [2.05, 4.69) is 51.5 Å². The molecule has 1 aliphatic rings. The molecule has 2 heterocycles. The molecule has 3 rings (SSSR count). The van der Waals surface area contributed by atoms with Crippen LogP contribution in [-0.2, 0) is 6.42 Å². The van der Waals surface area contributed by atoms with Crippen molar-refractivity contribution < 1.29 is 0 Å². The van der Waals surface area contributed by atoms with Gasteiger partial charge in [0.25, 0.3) is 0 Å². The highest BCUT2D eigenvalue weighted by atomic mass is 35.5. The average molecular weight is 406 g/mol. The van der Waals surface area contributed by atoms with Gasteiger partial charge < -0.3 is 15.5 Å². The number of thiazole rings is 1. The Morgan fingerprint density at radius 1 is 1.37 bits per heavy atom. The van der Waals surface area contributed by atoms with Gasteiger partial charge in [0, 0.05) is 61.4 Å². The van der Waals surface area contributed by atoms with Gasteiger partial charge in [0.1, 0.15) is 0 Å². The molecule has 146 valence electrons. The number of hydrogen-bond donors (Lipinski definition) is 2. The van der Waals surface area contributed by atoms with Gasteiger partial charge in [-0.15, -0.1) is 11.3 Å². The van der Waals surface area contributed by atoms with Gasteiger partial charge in [-0.05, 0) is 43.9 Å². The minimum absolute atomic E-state index is 0.601. The topological polar surface area (TPSA) is 52.6 Å². The van der Waals surface area contributed by atoms with Gasteiger partial charge in [-0.1, -0.05) is 17.7 Å². The smallest absolute Gasteiger partial charge is 0.191 e. The van der Waals surface area contributed by atoms with Crippen LogP contribution in [0.3, 0.4) is 0 Å². The standard InChI is InChI=1S/C20H28ClN5S/c1-14-4-5-17(21)10-18(14)26-9-7-16(13-26)12-25-20(22-3)23-8-6-19-24-11-15(2)27-19/h4-5,10-11,16H,6-9,12-13H2,1-3H3,(H2,22,23,25). The Bertz CT molecular complexity index is 788. The molecule has 1 aromatic carbocycles. The number of aliphatic imine (C=N–C) groups is 1. The summed E-state index contributed by atoms with van der Waals surface area (Å²) in [6.07, 6.45) is 4.03. The normalized spacial score (nSPS) is 17.4. The summed E-state index contributed by atoms with van der Waals surface area (Å²) in [7, 11) is 1.82. The molecule has 0 bridgehead atoms. The molecule has 1 saturated heterocycles. The predicted octanol–water partition coefficient (Wildman–Crippen LogP) is 3.65. The molecule has 0 aliphatic carbocycles. The summed E-state index contributed by atoms with van der Waals surface area (Å²) in [5.41, 5.74) is 2.54. The highest BCUT2D eigenvalue weighted by Gasteiger charge is 2.24. The molecule has 1 atom stereocenters. The highest BCUT2D eigenvalue weighted by Crippen LogP contribution is 2.29. The van der Waals surface area contributed by atoms with Crippen LogP contribution in [0.4, 0.5) is 5.69 Å². The van der Waals surface area contributed by atoms with Gasteiger partial charge in [-0.3, -0.25) is 4.99 Å². The van der Waals surface area contributed by atoms with Crippen LogP contribution < -0.4 is 15.5 Å². The number of benzene rings is 1. The van der Waals surface area contributed by atoms with E-state index >= 15 is 0 Å². The van der Waals surface area contributed by atoms with E-state index in [1.165, 1.54) is 27.6 Å². The number of anilines is 1. The van der Waals surface area contributed by atoms with E-state index in [0.29, 0.717) is 5.92 Å². The Balaban J connectivity index is 1.43. The third-order valence-electron chi connectivity index (χ3n) is 4.88. The summed E-state index contributed by atoms with van der Waals surface area (Å²) in [4.78, 5) is 12.4. The molecule has 27 heavy (non-hydrogen) atoms. The minimum Gasteiger partial charge on any atom is -0.371 e. The fourth-order valence-electron chi connectivity index (χ4n) is 3.41. The molecule has 2 N–H and O–H groups in total. The maximum atomic E-state index is 6.18. The van der Waals surface area contributed by atoms with Crippen molar-refractivity contribution in [1.82, 2.24) is 15.6 Å². The maximum absolute atomic E-state index is 6.18. The largest absolute Gasteiger partial charge is 0.371 e. The molecule has 0 spiro atoms. The van der Waals surface area contributed by atoms with Crippen LogP contribution in [0.25, 0.3) is 0 Å². The summed E-state index contributed by atoms with van der Waals surface area (Å²) in [5, 5.41) is 8.82. The van der Waals surface area contributed by atoms with E-state index < -0.39 is 0 Å². The van der Waals surface area contributed by atoms with Gasteiger partial charge in [0.05, 0.1) is 5.01 Å². The zero-order chi connectivity index (χ0) is 19.2. The molecule has 0 saturated carbocycles. The zero-order valence-corrected chi connectivity index (χ0v) is 17.8. The van der Waals surface area contributed by atoms with Crippen LogP contribution in [0.2, 0.25) is 5.02 Å². The van der Waals surface area contributed by atoms with Crippen molar-refractivity contribution in [3.05, 3.63) is 44.9 Å². The van der Waals surface area contributed by atoms with Crippen molar-refractivity contribution in [2.75, 3.05) is 38.1 Å². The van der Waals surface area contributed by atoms with Gasteiger partial charge in [0.2, 0.25) is 0 Å². The van der Waals surface area contributed by atoms with E-state index in [-0.39, 0.29) is 0 Å². The number of nitrogens with zero attached hydrogens (tertiary/aromatic N) is 3. The molecule has 0 amide bonds. The van der Waals surface area contributed by atoms with Crippen LogP contribution in [0.5, 0.6) is 0 Å². The second kappa shape index (κ2) is 9.42. The molecule has 1 fully saturated rings. The highest BCUT2D eigenvalue weighted by molar-refractivity contribution is 7.11. The fraction of sp³-hybridized carbons (Fsp3) is 0.500. The molecule has 5 nitrogen and oxygen atoms in total. The van der Waals surface area contributed by atoms with Crippen LogP contribution >= 0.6 is 22.9 Å². The number of halogens is 1. The minimum atomic E-state index is 0.601. The number of aryl methyl sites for hydroxylation is 2. The SMILES string of the molecule is CN=C(NCCc1ncc(C)s1)NCC1CCN(c2cc(Cl)ccc2C)C1. The first-order valence-corrected chi connectivity index (χ1v) is 10.6. The second-order valence-corrected chi connectivity index (χ2v) is 8.78. The summed E-state index contributed by atoms with van der Waals surface area (Å²) in [6.45, 7) is 8.11. The quantitative estimate of drug-likeness (QED) is 0.569.